The van der Waals surface area contributed by atoms with E-state index < -0.39 is 0 Å². The quantitative estimate of drug-likeness (QED) is 0.767. The molecule has 2 N–H and O–H groups in total. The number of aromatic nitrogens is 1. The van der Waals surface area contributed by atoms with E-state index in [1.54, 1.807) is 23.6 Å². The van der Waals surface area contributed by atoms with E-state index in [4.69, 9.17) is 5.73 Å². The number of rotatable bonds is 2. The Morgan fingerprint density at radius 3 is 2.62 bits per heavy atom. The summed E-state index contributed by atoms with van der Waals surface area (Å²) in [6.07, 6.45) is 1.79. The molecule has 3 rings (SSSR count). The van der Waals surface area contributed by atoms with E-state index in [2.05, 4.69) is 32.5 Å². The maximum Gasteiger partial charge on any atom is 0.254 e. The maximum absolute atomic E-state index is 12.4. The Balaban J connectivity index is 1.62. The van der Waals surface area contributed by atoms with Crippen LogP contribution in [0.15, 0.2) is 29.8 Å². The first-order chi connectivity index (χ1) is 10.1. The number of nitrogens with two attached hydrogens (primary N) is 1. The van der Waals surface area contributed by atoms with Crippen molar-refractivity contribution in [2.45, 2.75) is 0 Å². The summed E-state index contributed by atoms with van der Waals surface area (Å²) in [4.78, 5) is 20.6. The first kappa shape index (κ1) is 14.6. The van der Waals surface area contributed by atoms with Crippen molar-refractivity contribution in [2.75, 3.05) is 36.8 Å². The molecule has 21 heavy (non-hydrogen) atoms. The molecule has 2 aromatic heterocycles. The molecule has 1 fully saturated rings. The number of pyridine rings is 1. The summed E-state index contributed by atoms with van der Waals surface area (Å²) in [7, 11) is 0. The van der Waals surface area contributed by atoms with Gasteiger partial charge in [0.15, 0.2) is 0 Å². The zero-order valence-corrected chi connectivity index (χ0v) is 14.3. The number of hydrogen-bond acceptors (Lipinski definition) is 5. The van der Waals surface area contributed by atoms with Gasteiger partial charge < -0.3 is 15.5 Å². The number of thiophene rings is 1. The number of amides is 1. The minimum atomic E-state index is 0.129. The molecule has 2 aromatic rings. The smallest absolute Gasteiger partial charge is 0.254 e. The maximum atomic E-state index is 12.4. The molecule has 0 bridgehead atoms. The van der Waals surface area contributed by atoms with Gasteiger partial charge in [-0.05, 0) is 40.8 Å². The molecule has 110 valence electrons. The molecule has 0 spiro atoms. The Kier molecular flexibility index (Phi) is 4.29. The van der Waals surface area contributed by atoms with Gasteiger partial charge in [0.2, 0.25) is 0 Å². The summed E-state index contributed by atoms with van der Waals surface area (Å²) >= 11 is 3.84. The Bertz CT molecular complexity index is 635. The third kappa shape index (κ3) is 3.29. The highest BCUT2D eigenvalue weighted by molar-refractivity contribution is 14.1. The minimum Gasteiger partial charge on any atom is -0.384 e. The van der Waals surface area contributed by atoms with Gasteiger partial charge in [-0.15, -0.1) is 11.3 Å². The highest BCUT2D eigenvalue weighted by Gasteiger charge is 2.23. The minimum absolute atomic E-state index is 0.129. The Morgan fingerprint density at radius 2 is 2.05 bits per heavy atom. The number of carbonyl (C=O) groups excluding carboxylic acids is 1. The molecule has 1 saturated heterocycles. The number of anilines is 2. The summed E-state index contributed by atoms with van der Waals surface area (Å²) in [5.74, 6) is 0.656. The number of nitrogen functional groups attached to an aromatic ring is 1. The lowest BCUT2D eigenvalue weighted by Gasteiger charge is -2.35. The average molecular weight is 414 g/mol. The summed E-state index contributed by atoms with van der Waals surface area (Å²) in [6, 6.07) is 5.73. The fourth-order valence-corrected chi connectivity index (χ4v) is 3.68. The summed E-state index contributed by atoms with van der Waals surface area (Å²) in [5.41, 5.74) is 7.46. The van der Waals surface area contributed by atoms with Crippen LogP contribution < -0.4 is 10.6 Å². The second-order valence-corrected chi connectivity index (χ2v) is 7.67. The van der Waals surface area contributed by atoms with Gasteiger partial charge in [0, 0.05) is 31.6 Å². The van der Waals surface area contributed by atoms with Gasteiger partial charge in [0.1, 0.15) is 5.82 Å². The second kappa shape index (κ2) is 6.18. The third-order valence-electron chi connectivity index (χ3n) is 3.52. The van der Waals surface area contributed by atoms with E-state index in [0.29, 0.717) is 5.82 Å². The van der Waals surface area contributed by atoms with E-state index in [0.717, 1.165) is 40.3 Å². The fourth-order valence-electron chi connectivity index (χ4n) is 2.36. The number of hydrogen-bond donors (Lipinski definition) is 1. The predicted octanol–water partition coefficient (Wildman–Crippen LogP) is 2.29. The molecule has 1 amide bonds. The average Bonchev–Trinajstić information content (AvgIpc) is 2.94. The van der Waals surface area contributed by atoms with Crippen LogP contribution in [0.2, 0.25) is 0 Å². The van der Waals surface area contributed by atoms with Crippen molar-refractivity contribution in [1.29, 1.82) is 0 Å². The first-order valence-electron chi connectivity index (χ1n) is 6.63. The molecule has 0 saturated carbocycles. The van der Waals surface area contributed by atoms with E-state index in [1.807, 2.05) is 22.4 Å². The summed E-state index contributed by atoms with van der Waals surface area (Å²) in [6.45, 7) is 3.10. The van der Waals surface area contributed by atoms with Crippen molar-refractivity contribution in [2.24, 2.45) is 0 Å². The van der Waals surface area contributed by atoms with Crippen LogP contribution in [0.1, 0.15) is 10.4 Å². The molecule has 0 aromatic carbocycles. The van der Waals surface area contributed by atoms with Crippen LogP contribution in [-0.2, 0) is 0 Å². The van der Waals surface area contributed by atoms with Crippen LogP contribution in [-0.4, -0.2) is 42.0 Å². The first-order valence-corrected chi connectivity index (χ1v) is 8.59. The van der Waals surface area contributed by atoms with Gasteiger partial charge in [0.05, 0.1) is 20.3 Å². The van der Waals surface area contributed by atoms with E-state index in [-0.39, 0.29) is 5.91 Å². The molecule has 0 radical (unpaired) electrons. The molecular weight excluding hydrogens is 399 g/mol. The standard InChI is InChI=1S/C14H15IN4OS/c15-12-7-10(9-21-12)14(20)19-5-3-18(4-6-19)11-1-2-13(16)17-8-11/h1-2,7-9H,3-6H2,(H2,16,17). The number of piperazine rings is 1. The molecule has 1 aliphatic rings. The lowest BCUT2D eigenvalue weighted by atomic mass is 10.2. The van der Waals surface area contributed by atoms with Gasteiger partial charge in [-0.3, -0.25) is 4.79 Å². The molecule has 1 aliphatic heterocycles. The van der Waals surface area contributed by atoms with Crippen molar-refractivity contribution < 1.29 is 4.79 Å². The van der Waals surface area contributed by atoms with E-state index in [9.17, 15) is 4.79 Å². The van der Waals surface area contributed by atoms with Crippen LogP contribution in [0.4, 0.5) is 11.5 Å². The molecule has 5 nitrogen and oxygen atoms in total. The van der Waals surface area contributed by atoms with Crippen molar-refractivity contribution in [3.8, 4) is 0 Å². The van der Waals surface area contributed by atoms with Crippen LogP contribution in [0, 0.1) is 2.88 Å². The molecule has 7 heteroatoms. The van der Waals surface area contributed by atoms with E-state index >= 15 is 0 Å². The molecule has 0 aliphatic carbocycles. The van der Waals surface area contributed by atoms with Crippen molar-refractivity contribution in [3.05, 3.63) is 38.2 Å². The van der Waals surface area contributed by atoms with Crippen LogP contribution in [0.3, 0.4) is 0 Å². The third-order valence-corrected chi connectivity index (χ3v) is 5.31. The summed E-state index contributed by atoms with van der Waals surface area (Å²) in [5, 5.41) is 1.93. The van der Waals surface area contributed by atoms with Crippen molar-refractivity contribution in [1.82, 2.24) is 9.88 Å². The van der Waals surface area contributed by atoms with Crippen molar-refractivity contribution >= 4 is 51.3 Å². The zero-order valence-electron chi connectivity index (χ0n) is 11.3. The van der Waals surface area contributed by atoms with Gasteiger partial charge in [-0.2, -0.15) is 0 Å². The fraction of sp³-hybridized carbons (Fsp3) is 0.286. The van der Waals surface area contributed by atoms with Crippen molar-refractivity contribution in [3.63, 3.8) is 0 Å². The van der Waals surface area contributed by atoms with Gasteiger partial charge in [-0.1, -0.05) is 0 Å². The lowest BCUT2D eigenvalue weighted by molar-refractivity contribution is 0.0747. The van der Waals surface area contributed by atoms with Gasteiger partial charge >= 0.3 is 0 Å². The lowest BCUT2D eigenvalue weighted by Crippen LogP contribution is -2.48. The largest absolute Gasteiger partial charge is 0.384 e. The van der Waals surface area contributed by atoms with Crippen LogP contribution >= 0.6 is 33.9 Å². The monoisotopic (exact) mass is 414 g/mol. The molecular formula is C14H15IN4OS. The predicted molar refractivity (Wildman–Crippen MR) is 93.8 cm³/mol. The van der Waals surface area contributed by atoms with Crippen LogP contribution in [0.5, 0.6) is 0 Å². The topological polar surface area (TPSA) is 62.5 Å². The second-order valence-electron chi connectivity index (χ2n) is 4.86. The summed E-state index contributed by atoms with van der Waals surface area (Å²) < 4.78 is 1.14. The number of nitrogens with zero attached hydrogens (tertiary/aromatic N) is 3. The van der Waals surface area contributed by atoms with Crippen LogP contribution in [0.25, 0.3) is 0 Å². The number of carbonyl (C=O) groups is 1. The van der Waals surface area contributed by atoms with Gasteiger partial charge in [0.25, 0.3) is 5.91 Å². The van der Waals surface area contributed by atoms with Gasteiger partial charge in [-0.25, -0.2) is 4.98 Å². The Hall–Kier alpha value is -1.35. The molecule has 3 heterocycles. The number of halogens is 1. The Labute approximate surface area is 140 Å². The SMILES string of the molecule is Nc1ccc(N2CCN(C(=O)c3csc(I)c3)CC2)cn1. The highest BCUT2D eigenvalue weighted by Crippen LogP contribution is 2.20. The molecule has 0 unspecified atom stereocenters. The molecule has 0 atom stereocenters. The normalized spacial score (nSPS) is 15.3. The Morgan fingerprint density at radius 1 is 1.29 bits per heavy atom. The van der Waals surface area contributed by atoms with E-state index in [1.165, 1.54) is 0 Å². The highest BCUT2D eigenvalue weighted by atomic mass is 127. The zero-order chi connectivity index (χ0) is 14.8.